The molecule has 0 amide bonds. The zero-order valence-electron chi connectivity index (χ0n) is 56.8. The van der Waals surface area contributed by atoms with Crippen molar-refractivity contribution in [2.45, 2.75) is 209 Å². The second-order valence-electron chi connectivity index (χ2n) is 31.4. The molecule has 0 atom stereocenters. The van der Waals surface area contributed by atoms with Gasteiger partial charge in [0.1, 0.15) is 23.0 Å². The predicted octanol–water partition coefficient (Wildman–Crippen LogP) is 16.7. The Balaban J connectivity index is 0.0000104. The van der Waals surface area contributed by atoms with Gasteiger partial charge in [0.15, 0.2) is 23.0 Å². The summed E-state index contributed by atoms with van der Waals surface area (Å²) in [7, 11) is 4.29. The van der Waals surface area contributed by atoms with Crippen LogP contribution in [-0.2, 0) is 62.8 Å². The van der Waals surface area contributed by atoms with Crippen molar-refractivity contribution in [1.29, 1.82) is 0 Å². The summed E-state index contributed by atoms with van der Waals surface area (Å²) in [5.41, 5.74) is 8.79. The summed E-state index contributed by atoms with van der Waals surface area (Å²) in [5.74, 6) is 6.42. The van der Waals surface area contributed by atoms with E-state index in [0.717, 1.165) is 89.2 Å². The third kappa shape index (κ3) is 13.2. The standard InChI is InChI=1S/C74H100O8P2.Rh/c1-67(2,3)47-33-43(34-48(61(47)75-25)68(4,5)6)83(44-35-49(69(7,8)9)62(76-26)50(36-44)70(10,11)12)57-31-29-55-65(81-41-79-55)59(57)60-58(32-30-56-66(60)82-42-80-56)84(45-37-51(71(13,14)15)63(77-27)52(38-45)72(16,17)18)46-39-53(73(19,20)21)64(78-28)54(40-46)74(22,23)24;/h29-40H,41-42H2,1-28H3;/q;+1. The van der Waals surface area contributed by atoms with Crippen LogP contribution in [0.4, 0.5) is 0 Å². The molecule has 462 valence electrons. The van der Waals surface area contributed by atoms with Gasteiger partial charge in [-0.15, -0.1) is 0 Å². The van der Waals surface area contributed by atoms with Crippen molar-refractivity contribution in [3.63, 3.8) is 0 Å². The van der Waals surface area contributed by atoms with Gasteiger partial charge in [0, 0.05) is 55.6 Å². The van der Waals surface area contributed by atoms with Gasteiger partial charge in [-0.1, -0.05) is 166 Å². The molecule has 2 aliphatic heterocycles. The normalized spacial score (nSPS) is 14.0. The molecule has 0 N–H and O–H groups in total. The van der Waals surface area contributed by atoms with Crippen LogP contribution in [0, 0.1) is 0 Å². The quantitative estimate of drug-likeness (QED) is 0.0938. The van der Waals surface area contributed by atoms with Gasteiger partial charge in [0.05, 0.1) is 28.4 Å². The van der Waals surface area contributed by atoms with Crippen LogP contribution >= 0.6 is 15.8 Å². The van der Waals surface area contributed by atoms with Crippen LogP contribution in [-0.4, -0.2) is 42.0 Å². The molecule has 0 aromatic heterocycles. The van der Waals surface area contributed by atoms with E-state index in [1.807, 2.05) is 28.4 Å². The largest absolute Gasteiger partial charge is 1.00 e. The maximum Gasteiger partial charge on any atom is 1.00 e. The Kier molecular flexibility index (Phi) is 18.8. The first-order valence-electron chi connectivity index (χ1n) is 30.0. The Bertz CT molecular complexity index is 2950. The smallest absolute Gasteiger partial charge is 0.496 e. The first-order chi connectivity index (χ1) is 38.6. The summed E-state index contributed by atoms with van der Waals surface area (Å²) in [6, 6.07) is 28.4. The number of hydrogen-bond acceptors (Lipinski definition) is 8. The van der Waals surface area contributed by atoms with E-state index < -0.39 is 15.8 Å². The van der Waals surface area contributed by atoms with E-state index >= 15 is 0 Å². The van der Waals surface area contributed by atoms with E-state index in [-0.39, 0.29) is 76.4 Å². The number of ether oxygens (including phenoxy) is 8. The number of benzene rings is 6. The molecule has 0 aliphatic carbocycles. The van der Waals surface area contributed by atoms with Gasteiger partial charge in [0.25, 0.3) is 0 Å². The molecule has 0 radical (unpaired) electrons. The van der Waals surface area contributed by atoms with E-state index in [0.29, 0.717) is 23.0 Å². The molecule has 0 saturated heterocycles. The van der Waals surface area contributed by atoms with Crippen LogP contribution in [0.3, 0.4) is 0 Å². The molecule has 8 rings (SSSR count). The molecule has 11 heteroatoms. The number of fused-ring (bicyclic) bond motifs is 2. The minimum atomic E-state index is -1.50. The number of rotatable bonds is 11. The third-order valence-electron chi connectivity index (χ3n) is 16.4. The molecular weight excluding hydrogens is 1180 g/mol. The molecule has 85 heavy (non-hydrogen) atoms. The summed E-state index contributed by atoms with van der Waals surface area (Å²) < 4.78 is 53.1. The first-order valence-corrected chi connectivity index (χ1v) is 32.6. The Morgan fingerprint density at radius 2 is 0.482 bits per heavy atom. The van der Waals surface area contributed by atoms with Crippen LogP contribution in [0.2, 0.25) is 0 Å². The van der Waals surface area contributed by atoms with Crippen molar-refractivity contribution < 1.29 is 57.4 Å². The fourth-order valence-corrected chi connectivity index (χ4v) is 17.0. The molecular formula is C74H100O8P2Rh+. The second kappa shape index (κ2) is 23.6. The number of hydrogen-bond donors (Lipinski definition) is 0. The fourth-order valence-electron chi connectivity index (χ4n) is 11.9. The molecule has 6 aromatic carbocycles. The van der Waals surface area contributed by atoms with E-state index in [4.69, 9.17) is 37.9 Å². The van der Waals surface area contributed by atoms with Gasteiger partial charge < -0.3 is 37.9 Å². The topological polar surface area (TPSA) is 73.8 Å². The van der Waals surface area contributed by atoms with Gasteiger partial charge in [-0.3, -0.25) is 0 Å². The van der Waals surface area contributed by atoms with Crippen LogP contribution in [0.5, 0.6) is 46.0 Å². The summed E-state index contributed by atoms with van der Waals surface area (Å²) >= 11 is 0. The molecule has 0 unspecified atom stereocenters. The average Bonchev–Trinajstić information content (AvgIpc) is 1.72. The van der Waals surface area contributed by atoms with E-state index in [9.17, 15) is 0 Å². The van der Waals surface area contributed by atoms with Gasteiger partial charge >= 0.3 is 19.5 Å². The summed E-state index contributed by atoms with van der Waals surface area (Å²) in [6.45, 7) is 55.2. The monoisotopic (exact) mass is 1280 g/mol. The molecule has 8 nitrogen and oxygen atoms in total. The van der Waals surface area contributed by atoms with Crippen LogP contribution in [0.1, 0.15) is 211 Å². The number of methoxy groups -OCH3 is 4. The Morgan fingerprint density at radius 3 is 0.647 bits per heavy atom. The zero-order valence-corrected chi connectivity index (χ0v) is 60.3. The molecule has 2 aliphatic rings. The third-order valence-corrected chi connectivity index (χ3v) is 21.2. The molecule has 0 spiro atoms. The van der Waals surface area contributed by atoms with Crippen LogP contribution in [0.25, 0.3) is 11.1 Å². The van der Waals surface area contributed by atoms with Crippen molar-refractivity contribution >= 4 is 47.7 Å². The van der Waals surface area contributed by atoms with E-state index in [2.05, 4.69) is 239 Å². The minimum absolute atomic E-state index is 0. The molecule has 0 saturated carbocycles. The van der Waals surface area contributed by atoms with Crippen LogP contribution in [0.15, 0.2) is 72.8 Å². The second-order valence-corrected chi connectivity index (χ2v) is 35.7. The Labute approximate surface area is 527 Å². The zero-order chi connectivity index (χ0) is 62.6. The van der Waals surface area contributed by atoms with Crippen molar-refractivity contribution in [3.8, 4) is 57.1 Å². The molecule has 0 bridgehead atoms. The van der Waals surface area contributed by atoms with Gasteiger partial charge in [-0.05, 0) is 164 Å². The van der Waals surface area contributed by atoms with Crippen molar-refractivity contribution in [3.05, 3.63) is 117 Å². The molecule has 6 aromatic rings. The van der Waals surface area contributed by atoms with Gasteiger partial charge in [0.2, 0.25) is 13.6 Å². The summed E-state index contributed by atoms with van der Waals surface area (Å²) in [6.07, 6.45) is 0. The summed E-state index contributed by atoms with van der Waals surface area (Å²) in [5, 5.41) is 6.98. The minimum Gasteiger partial charge on any atom is -0.496 e. The van der Waals surface area contributed by atoms with Crippen molar-refractivity contribution in [2.75, 3.05) is 42.0 Å². The van der Waals surface area contributed by atoms with E-state index in [1.165, 1.54) is 21.2 Å². The van der Waals surface area contributed by atoms with Crippen LogP contribution < -0.4 is 69.7 Å². The average molecular weight is 1280 g/mol. The summed E-state index contributed by atoms with van der Waals surface area (Å²) in [4.78, 5) is 0. The maximum atomic E-state index is 6.98. The molecule has 2 heterocycles. The fraction of sp³-hybridized carbons (Fsp3) is 0.514. The SMILES string of the molecule is COc1c(C(C)(C)C)cc(P(c2cc(C(C)(C)C)c(OC)c(C(C)(C)C)c2)c2ccc3c(c2-c2c(P(c4cc(C(C)(C)C)c(OC)c(C(C)(C)C)c4)c4cc(C(C)(C)C)c(OC)c(C(C)(C)C)c4)ccc4c2OCO4)OCO3)cc1C(C)(C)C.[Rh+]. The van der Waals surface area contributed by atoms with Crippen molar-refractivity contribution in [1.82, 2.24) is 0 Å². The molecule has 0 fully saturated rings. The maximum absolute atomic E-state index is 6.98. The Hall–Kier alpha value is -4.80. The predicted molar refractivity (Wildman–Crippen MR) is 357 cm³/mol. The van der Waals surface area contributed by atoms with Gasteiger partial charge in [-0.25, -0.2) is 0 Å². The van der Waals surface area contributed by atoms with Crippen molar-refractivity contribution in [2.24, 2.45) is 0 Å². The Morgan fingerprint density at radius 1 is 0.294 bits per heavy atom. The van der Waals surface area contributed by atoms with Gasteiger partial charge in [-0.2, -0.15) is 0 Å². The first kappa shape index (κ1) is 67.7. The van der Waals surface area contributed by atoms with E-state index in [1.54, 1.807) is 0 Å².